The van der Waals surface area contributed by atoms with E-state index < -0.39 is 0 Å². The molecule has 4 unspecified atom stereocenters. The molecule has 0 N–H and O–H groups in total. The van der Waals surface area contributed by atoms with E-state index in [1.54, 1.807) is 0 Å². The van der Waals surface area contributed by atoms with E-state index in [1.165, 1.54) is 193 Å². The summed E-state index contributed by atoms with van der Waals surface area (Å²) in [5, 5.41) is 0. The number of unbranched alkanes of at least 4 members (excludes halogenated alkanes) is 17. The summed E-state index contributed by atoms with van der Waals surface area (Å²) in [6.07, 6.45) is 43.9. The first-order valence-electron chi connectivity index (χ1n) is 19.5. The fraction of sp³-hybridized carbons (Fsp3) is 1.00. The molecular formula is C40H82. The van der Waals surface area contributed by atoms with Crippen LogP contribution in [0.5, 0.6) is 0 Å². The Hall–Kier alpha value is 0. The van der Waals surface area contributed by atoms with Crippen LogP contribution >= 0.6 is 0 Å². The molecule has 0 aliphatic carbocycles. The molecule has 0 aromatic rings. The Morgan fingerprint density at radius 3 is 0.625 bits per heavy atom. The first-order chi connectivity index (χ1) is 19.5. The van der Waals surface area contributed by atoms with Crippen LogP contribution in [-0.4, -0.2) is 0 Å². The summed E-state index contributed by atoms with van der Waals surface area (Å²) >= 11 is 0. The molecule has 242 valence electrons. The van der Waals surface area contributed by atoms with E-state index in [-0.39, 0.29) is 0 Å². The smallest absolute Gasteiger partial charge is 0.0443 e. The molecule has 0 radical (unpaired) electrons. The van der Waals surface area contributed by atoms with E-state index >= 15 is 0 Å². The van der Waals surface area contributed by atoms with E-state index in [2.05, 4.69) is 41.5 Å². The van der Waals surface area contributed by atoms with Crippen LogP contribution in [-0.2, 0) is 0 Å². The van der Waals surface area contributed by atoms with Crippen molar-refractivity contribution in [1.29, 1.82) is 0 Å². The van der Waals surface area contributed by atoms with Gasteiger partial charge in [-0.05, 0) is 23.7 Å². The Bertz CT molecular complexity index is 453. The molecule has 0 aliphatic rings. The lowest BCUT2D eigenvalue weighted by Gasteiger charge is -2.17. The van der Waals surface area contributed by atoms with Gasteiger partial charge in [0, 0.05) is 0 Å². The topological polar surface area (TPSA) is 0 Å². The van der Waals surface area contributed by atoms with Crippen LogP contribution in [0.2, 0.25) is 0 Å². The van der Waals surface area contributed by atoms with E-state index in [1.807, 2.05) is 0 Å². The first kappa shape index (κ1) is 40.0. The lowest BCUT2D eigenvalue weighted by atomic mass is 9.89. The molecule has 0 saturated carbocycles. The molecule has 0 heteroatoms. The second-order valence-corrected chi connectivity index (χ2v) is 14.8. The van der Waals surface area contributed by atoms with E-state index in [0.29, 0.717) is 0 Å². The number of hydrogen-bond donors (Lipinski definition) is 0. The minimum atomic E-state index is 0.938. The summed E-state index contributed by atoms with van der Waals surface area (Å²) in [4.78, 5) is 0. The summed E-state index contributed by atoms with van der Waals surface area (Å²) in [6.45, 7) is 14.7. The molecule has 0 nitrogen and oxygen atoms in total. The van der Waals surface area contributed by atoms with Gasteiger partial charge in [0.1, 0.15) is 0 Å². The highest BCUT2D eigenvalue weighted by molar-refractivity contribution is 4.62. The van der Waals surface area contributed by atoms with Crippen LogP contribution in [0.3, 0.4) is 0 Å². The van der Waals surface area contributed by atoms with Gasteiger partial charge in [-0.25, -0.2) is 0 Å². The van der Waals surface area contributed by atoms with Gasteiger partial charge >= 0.3 is 0 Å². The molecule has 0 aromatic carbocycles. The third kappa shape index (κ3) is 30.9. The minimum Gasteiger partial charge on any atom is -0.0654 e. The normalized spacial score (nSPS) is 14.8. The third-order valence-electron chi connectivity index (χ3n) is 10.0. The molecule has 0 fully saturated rings. The van der Waals surface area contributed by atoms with Gasteiger partial charge in [-0.15, -0.1) is 0 Å². The molecule has 4 atom stereocenters. The second kappa shape index (κ2) is 31.9. The SMILES string of the molecule is CCCCCCCCCCCCCCCCC(C)CCCC(C)CCCC(C)CCCC(C)CCCCCCC. The summed E-state index contributed by atoms with van der Waals surface area (Å²) in [7, 11) is 0. The maximum atomic E-state index is 2.52. The third-order valence-corrected chi connectivity index (χ3v) is 10.0. The molecular weight excluding hydrogens is 480 g/mol. The number of hydrogen-bond acceptors (Lipinski definition) is 0. The first-order valence-corrected chi connectivity index (χ1v) is 19.5. The van der Waals surface area contributed by atoms with Crippen LogP contribution in [0, 0.1) is 23.7 Å². The molecule has 0 aromatic heterocycles. The fourth-order valence-electron chi connectivity index (χ4n) is 6.81. The Kier molecular flexibility index (Phi) is 31.9. The summed E-state index contributed by atoms with van der Waals surface area (Å²) < 4.78 is 0. The van der Waals surface area contributed by atoms with Crippen LogP contribution in [0.4, 0.5) is 0 Å². The molecule has 0 spiro atoms. The largest absolute Gasteiger partial charge is 0.0654 e. The number of rotatable bonds is 33. The lowest BCUT2D eigenvalue weighted by Crippen LogP contribution is -2.02. The van der Waals surface area contributed by atoms with E-state index in [4.69, 9.17) is 0 Å². The van der Waals surface area contributed by atoms with Gasteiger partial charge in [0.2, 0.25) is 0 Å². The predicted octanol–water partition coefficient (Wildman–Crippen LogP) is 15.3. The standard InChI is InChI=1S/C40H82/c1-7-9-11-13-14-15-16-17-18-19-20-21-23-25-30-38(4)32-27-34-40(6)36-28-35-39(5)33-26-31-37(3)29-24-22-12-10-8-2/h37-40H,7-36H2,1-6H3. The van der Waals surface area contributed by atoms with Crippen LogP contribution in [0.1, 0.15) is 234 Å². The second-order valence-electron chi connectivity index (χ2n) is 14.8. The van der Waals surface area contributed by atoms with Gasteiger partial charge in [0.05, 0.1) is 0 Å². The molecule has 0 aliphatic heterocycles. The maximum absolute atomic E-state index is 2.52. The van der Waals surface area contributed by atoms with Crippen molar-refractivity contribution in [2.45, 2.75) is 234 Å². The monoisotopic (exact) mass is 563 g/mol. The van der Waals surface area contributed by atoms with Crippen molar-refractivity contribution in [3.8, 4) is 0 Å². The Labute approximate surface area is 257 Å². The Balaban J connectivity index is 3.44. The highest BCUT2D eigenvalue weighted by Crippen LogP contribution is 2.24. The van der Waals surface area contributed by atoms with Gasteiger partial charge in [-0.2, -0.15) is 0 Å². The average molecular weight is 563 g/mol. The van der Waals surface area contributed by atoms with Crippen molar-refractivity contribution in [3.63, 3.8) is 0 Å². The quantitative estimate of drug-likeness (QED) is 0.0698. The summed E-state index contributed by atoms with van der Waals surface area (Å²) in [5.74, 6) is 3.77. The van der Waals surface area contributed by atoms with Gasteiger partial charge in [0.25, 0.3) is 0 Å². The maximum Gasteiger partial charge on any atom is -0.0443 e. The van der Waals surface area contributed by atoms with Crippen LogP contribution in [0.25, 0.3) is 0 Å². The minimum absolute atomic E-state index is 0.938. The highest BCUT2D eigenvalue weighted by Gasteiger charge is 2.09. The molecule has 40 heavy (non-hydrogen) atoms. The van der Waals surface area contributed by atoms with Gasteiger partial charge in [-0.1, -0.05) is 234 Å². The molecule has 0 heterocycles. The Morgan fingerprint density at radius 1 is 0.225 bits per heavy atom. The van der Waals surface area contributed by atoms with Crippen LogP contribution in [0.15, 0.2) is 0 Å². The summed E-state index contributed by atoms with van der Waals surface area (Å²) in [5.41, 5.74) is 0. The summed E-state index contributed by atoms with van der Waals surface area (Å²) in [6, 6.07) is 0. The zero-order valence-electron chi connectivity index (χ0n) is 29.5. The fourth-order valence-corrected chi connectivity index (χ4v) is 6.81. The van der Waals surface area contributed by atoms with Gasteiger partial charge < -0.3 is 0 Å². The van der Waals surface area contributed by atoms with Crippen LogP contribution < -0.4 is 0 Å². The van der Waals surface area contributed by atoms with Crippen molar-refractivity contribution < 1.29 is 0 Å². The van der Waals surface area contributed by atoms with Crippen molar-refractivity contribution in [3.05, 3.63) is 0 Å². The van der Waals surface area contributed by atoms with Crippen molar-refractivity contribution in [2.24, 2.45) is 23.7 Å². The van der Waals surface area contributed by atoms with Gasteiger partial charge in [-0.3, -0.25) is 0 Å². The lowest BCUT2D eigenvalue weighted by molar-refractivity contribution is 0.365. The van der Waals surface area contributed by atoms with Crippen molar-refractivity contribution in [2.75, 3.05) is 0 Å². The van der Waals surface area contributed by atoms with Gasteiger partial charge in [0.15, 0.2) is 0 Å². The Morgan fingerprint density at radius 2 is 0.400 bits per heavy atom. The molecule has 0 bridgehead atoms. The zero-order valence-corrected chi connectivity index (χ0v) is 29.5. The average Bonchev–Trinajstić information content (AvgIpc) is 2.93. The molecule has 0 saturated heterocycles. The van der Waals surface area contributed by atoms with Crippen molar-refractivity contribution in [1.82, 2.24) is 0 Å². The predicted molar refractivity (Wildman–Crippen MR) is 187 cm³/mol. The molecule has 0 amide bonds. The van der Waals surface area contributed by atoms with E-state index in [9.17, 15) is 0 Å². The highest BCUT2D eigenvalue weighted by atomic mass is 14.2. The van der Waals surface area contributed by atoms with E-state index in [0.717, 1.165) is 23.7 Å². The molecule has 0 rings (SSSR count). The van der Waals surface area contributed by atoms with Crippen molar-refractivity contribution >= 4 is 0 Å². The zero-order chi connectivity index (χ0) is 29.5.